The average molecular weight is 258 g/mol. The number of hydrogen-bond acceptors (Lipinski definition) is 2. The molecule has 0 saturated heterocycles. The van der Waals surface area contributed by atoms with Crippen molar-refractivity contribution >= 4 is 0 Å². The molecule has 3 unspecified atom stereocenters. The largest absolute Gasteiger partial charge is 0.271 e. The molecule has 19 heavy (non-hydrogen) atoms. The van der Waals surface area contributed by atoms with Crippen LogP contribution in [0.4, 0.5) is 0 Å². The van der Waals surface area contributed by atoms with Crippen LogP contribution < -0.4 is 11.3 Å². The second-order valence-electron chi connectivity index (χ2n) is 6.51. The fourth-order valence-electron chi connectivity index (χ4n) is 4.11. The van der Waals surface area contributed by atoms with Gasteiger partial charge in [0.15, 0.2) is 0 Å². The van der Waals surface area contributed by atoms with E-state index in [1.807, 2.05) is 0 Å². The van der Waals surface area contributed by atoms with E-state index in [1.54, 1.807) is 11.1 Å². The molecule has 0 aromatic heterocycles. The van der Waals surface area contributed by atoms with Gasteiger partial charge in [0.25, 0.3) is 0 Å². The van der Waals surface area contributed by atoms with Crippen molar-refractivity contribution < 1.29 is 0 Å². The monoisotopic (exact) mass is 258 g/mol. The molecule has 3 rings (SSSR count). The summed E-state index contributed by atoms with van der Waals surface area (Å²) in [6.45, 7) is 2.38. The van der Waals surface area contributed by atoms with Crippen molar-refractivity contribution in [2.75, 3.05) is 0 Å². The van der Waals surface area contributed by atoms with Gasteiger partial charge in [-0.3, -0.25) is 11.3 Å². The lowest BCUT2D eigenvalue weighted by Crippen LogP contribution is -2.43. The maximum atomic E-state index is 5.83. The van der Waals surface area contributed by atoms with Crippen LogP contribution in [0.3, 0.4) is 0 Å². The molecule has 1 aromatic carbocycles. The minimum absolute atomic E-state index is 0.442. The fourth-order valence-corrected chi connectivity index (χ4v) is 4.11. The van der Waals surface area contributed by atoms with Crippen molar-refractivity contribution in [3.63, 3.8) is 0 Å². The summed E-state index contributed by atoms with van der Waals surface area (Å²) >= 11 is 0. The summed E-state index contributed by atoms with van der Waals surface area (Å²) < 4.78 is 0. The van der Waals surface area contributed by atoms with Gasteiger partial charge in [0.05, 0.1) is 0 Å². The molecule has 0 heterocycles. The van der Waals surface area contributed by atoms with Gasteiger partial charge in [-0.05, 0) is 60.6 Å². The Morgan fingerprint density at radius 2 is 2.05 bits per heavy atom. The van der Waals surface area contributed by atoms with Gasteiger partial charge in [-0.1, -0.05) is 38.0 Å². The summed E-state index contributed by atoms with van der Waals surface area (Å²) in [6, 6.07) is 7.51. The van der Waals surface area contributed by atoms with Gasteiger partial charge in [0, 0.05) is 6.04 Å². The Labute approximate surface area is 116 Å². The topological polar surface area (TPSA) is 38.0 Å². The van der Waals surface area contributed by atoms with Crippen molar-refractivity contribution in [2.24, 2.45) is 17.7 Å². The molecular formula is C17H26N2. The lowest BCUT2D eigenvalue weighted by atomic mass is 9.86. The van der Waals surface area contributed by atoms with Crippen LogP contribution in [0.5, 0.6) is 0 Å². The molecule has 1 saturated carbocycles. The Morgan fingerprint density at radius 3 is 2.79 bits per heavy atom. The molecule has 2 heteroatoms. The van der Waals surface area contributed by atoms with Gasteiger partial charge >= 0.3 is 0 Å². The SMILES string of the molecule is CC1CCCC1C(Cc1ccc2c(c1)CCC2)NN. The van der Waals surface area contributed by atoms with E-state index >= 15 is 0 Å². The number of aryl methyl sites for hydroxylation is 2. The molecule has 0 spiro atoms. The number of benzene rings is 1. The Hall–Kier alpha value is -0.860. The quantitative estimate of drug-likeness (QED) is 0.643. The molecule has 2 aliphatic rings. The highest BCUT2D eigenvalue weighted by Gasteiger charge is 2.30. The molecule has 0 amide bonds. The molecule has 3 N–H and O–H groups in total. The molecule has 2 nitrogen and oxygen atoms in total. The van der Waals surface area contributed by atoms with E-state index in [0.29, 0.717) is 6.04 Å². The van der Waals surface area contributed by atoms with Gasteiger partial charge < -0.3 is 0 Å². The number of nitrogens with two attached hydrogens (primary N) is 1. The molecular weight excluding hydrogens is 232 g/mol. The Morgan fingerprint density at radius 1 is 1.21 bits per heavy atom. The van der Waals surface area contributed by atoms with Crippen LogP contribution in [0, 0.1) is 11.8 Å². The average Bonchev–Trinajstić information content (AvgIpc) is 3.04. The molecule has 0 radical (unpaired) electrons. The van der Waals surface area contributed by atoms with Crippen LogP contribution in [0.15, 0.2) is 18.2 Å². The van der Waals surface area contributed by atoms with Crippen LogP contribution in [-0.4, -0.2) is 6.04 Å². The highest BCUT2D eigenvalue weighted by atomic mass is 15.2. The standard InChI is InChI=1S/C17H26N2/c1-12-4-2-7-16(12)17(19-18)11-13-8-9-14-5-3-6-15(14)10-13/h8-10,12,16-17,19H,2-7,11,18H2,1H3. The molecule has 0 aliphatic heterocycles. The highest BCUT2D eigenvalue weighted by molar-refractivity contribution is 5.35. The van der Waals surface area contributed by atoms with Crippen molar-refractivity contribution in [3.05, 3.63) is 34.9 Å². The lowest BCUT2D eigenvalue weighted by Gasteiger charge is -2.26. The first-order valence-electron chi connectivity index (χ1n) is 7.84. The predicted octanol–water partition coefficient (Wildman–Crippen LogP) is 2.99. The Kier molecular flexibility index (Phi) is 3.90. The number of rotatable bonds is 4. The zero-order chi connectivity index (χ0) is 13.2. The van der Waals surface area contributed by atoms with E-state index < -0.39 is 0 Å². The number of nitrogens with one attached hydrogen (secondary N) is 1. The summed E-state index contributed by atoms with van der Waals surface area (Å²) in [4.78, 5) is 0. The molecule has 2 aliphatic carbocycles. The van der Waals surface area contributed by atoms with Gasteiger partial charge in [-0.15, -0.1) is 0 Å². The second kappa shape index (κ2) is 5.64. The third kappa shape index (κ3) is 2.70. The first-order chi connectivity index (χ1) is 9.28. The van der Waals surface area contributed by atoms with Gasteiger partial charge in [-0.2, -0.15) is 0 Å². The van der Waals surface area contributed by atoms with Crippen LogP contribution in [0.1, 0.15) is 49.3 Å². The highest BCUT2D eigenvalue weighted by Crippen LogP contribution is 2.34. The smallest absolute Gasteiger partial charge is 0.0281 e. The van der Waals surface area contributed by atoms with Crippen LogP contribution in [0.2, 0.25) is 0 Å². The summed E-state index contributed by atoms with van der Waals surface area (Å²) in [6.07, 6.45) is 9.02. The van der Waals surface area contributed by atoms with Gasteiger partial charge in [-0.25, -0.2) is 0 Å². The van der Waals surface area contributed by atoms with Gasteiger partial charge in [0.2, 0.25) is 0 Å². The molecule has 0 bridgehead atoms. The van der Waals surface area contributed by atoms with Gasteiger partial charge in [0.1, 0.15) is 0 Å². The first-order valence-corrected chi connectivity index (χ1v) is 7.84. The van der Waals surface area contributed by atoms with Crippen LogP contribution in [0.25, 0.3) is 0 Å². The van der Waals surface area contributed by atoms with Crippen molar-refractivity contribution in [1.82, 2.24) is 5.43 Å². The minimum Gasteiger partial charge on any atom is -0.271 e. The first kappa shape index (κ1) is 13.1. The molecule has 1 aromatic rings. The Bertz CT molecular complexity index is 441. The third-order valence-electron chi connectivity index (χ3n) is 5.28. The van der Waals surface area contributed by atoms with Crippen molar-refractivity contribution in [1.29, 1.82) is 0 Å². The number of hydrazine groups is 1. The fraction of sp³-hybridized carbons (Fsp3) is 0.647. The maximum absolute atomic E-state index is 5.83. The van der Waals surface area contributed by atoms with E-state index in [9.17, 15) is 0 Å². The predicted molar refractivity (Wildman–Crippen MR) is 79.8 cm³/mol. The minimum atomic E-state index is 0.442. The van der Waals surface area contributed by atoms with E-state index in [1.165, 1.54) is 44.1 Å². The lowest BCUT2D eigenvalue weighted by molar-refractivity contribution is 0.297. The van der Waals surface area contributed by atoms with E-state index in [2.05, 4.69) is 30.5 Å². The summed E-state index contributed by atoms with van der Waals surface area (Å²) in [5, 5.41) is 0. The summed E-state index contributed by atoms with van der Waals surface area (Å²) in [5.41, 5.74) is 7.69. The number of hydrogen-bond donors (Lipinski definition) is 2. The molecule has 3 atom stereocenters. The van der Waals surface area contributed by atoms with E-state index in [-0.39, 0.29) is 0 Å². The Balaban J connectivity index is 1.72. The zero-order valence-corrected chi connectivity index (χ0v) is 12.0. The van der Waals surface area contributed by atoms with E-state index in [0.717, 1.165) is 18.3 Å². The molecule has 104 valence electrons. The summed E-state index contributed by atoms with van der Waals surface area (Å²) in [5.74, 6) is 7.39. The van der Waals surface area contributed by atoms with Crippen LogP contribution in [-0.2, 0) is 19.3 Å². The summed E-state index contributed by atoms with van der Waals surface area (Å²) in [7, 11) is 0. The third-order valence-corrected chi connectivity index (χ3v) is 5.28. The van der Waals surface area contributed by atoms with Crippen molar-refractivity contribution in [2.45, 2.75) is 57.9 Å². The maximum Gasteiger partial charge on any atom is 0.0281 e. The zero-order valence-electron chi connectivity index (χ0n) is 12.0. The van der Waals surface area contributed by atoms with Crippen molar-refractivity contribution in [3.8, 4) is 0 Å². The molecule has 1 fully saturated rings. The van der Waals surface area contributed by atoms with E-state index in [4.69, 9.17) is 5.84 Å². The normalized spacial score (nSPS) is 27.5. The number of fused-ring (bicyclic) bond motifs is 1. The second-order valence-corrected chi connectivity index (χ2v) is 6.51. The van der Waals surface area contributed by atoms with Crippen LogP contribution >= 0.6 is 0 Å².